The zero-order valence-electron chi connectivity index (χ0n) is 27.9. The molecule has 0 spiro atoms. The van der Waals surface area contributed by atoms with Crippen LogP contribution in [0.15, 0.2) is 96.1 Å². The standard InChI is InChI=1S/C35H39N6O8P/c1-20(2)26(42)27(28-29(49-50(37)44)30(46-4)33(47-28)41-19-38-25-31(41)39-34(36)40-32(25)43)48-35(21-11-7-5-8-12-21,22-13-9-6-10-14-22)23-15-17-24(45-3)18-16-23/h5-20,27-30,33,44H,37H2,1-4H3,(H3,36,39,40,43)/t27?,28-,29-,30-,33-,50?/m1/s1. The Bertz CT molecular complexity index is 1930. The minimum absolute atomic E-state index is 0.0135. The minimum Gasteiger partial charge on any atom is -0.497 e. The Morgan fingerprint density at radius 1 is 0.980 bits per heavy atom. The number of nitrogens with two attached hydrogens (primary N) is 2. The second kappa shape index (κ2) is 14.8. The molecule has 3 aromatic carbocycles. The highest BCUT2D eigenvalue weighted by atomic mass is 31.2. The first-order valence-electron chi connectivity index (χ1n) is 15.9. The van der Waals surface area contributed by atoms with Crippen LogP contribution in [0.1, 0.15) is 36.8 Å². The minimum atomic E-state index is -2.48. The molecule has 1 saturated heterocycles. The summed E-state index contributed by atoms with van der Waals surface area (Å²) in [5.41, 5.74) is 12.1. The maximum atomic E-state index is 14.5. The number of hydrogen-bond acceptors (Lipinski definition) is 12. The second-order valence-electron chi connectivity index (χ2n) is 12.1. The number of methoxy groups -OCH3 is 2. The van der Waals surface area contributed by atoms with Crippen LogP contribution in [0.3, 0.4) is 0 Å². The molecule has 0 radical (unpaired) electrons. The molecule has 0 bridgehead atoms. The van der Waals surface area contributed by atoms with E-state index >= 15 is 0 Å². The van der Waals surface area contributed by atoms with E-state index in [1.165, 1.54) is 18.0 Å². The molecule has 5 aromatic rings. The number of nitrogen functional groups attached to an aromatic ring is 1. The van der Waals surface area contributed by atoms with Crippen molar-refractivity contribution in [3.63, 3.8) is 0 Å². The molecule has 6 rings (SSSR count). The van der Waals surface area contributed by atoms with E-state index in [9.17, 15) is 14.5 Å². The van der Waals surface area contributed by atoms with E-state index in [2.05, 4.69) is 15.0 Å². The number of Topliss-reactive ketones (excluding diaryl/α,β-unsaturated/α-hetero) is 1. The maximum absolute atomic E-state index is 14.5. The fourth-order valence-electron chi connectivity index (χ4n) is 6.44. The molecular weight excluding hydrogens is 663 g/mol. The van der Waals surface area contributed by atoms with Crippen LogP contribution in [0.5, 0.6) is 5.75 Å². The highest BCUT2D eigenvalue weighted by molar-refractivity contribution is 7.43. The van der Waals surface area contributed by atoms with Crippen molar-refractivity contribution in [2.75, 3.05) is 20.0 Å². The number of anilines is 1. The third-order valence-corrected chi connectivity index (χ3v) is 9.22. The highest BCUT2D eigenvalue weighted by Crippen LogP contribution is 2.47. The molecular formula is C35H39N6O8P. The monoisotopic (exact) mass is 702 g/mol. The van der Waals surface area contributed by atoms with Gasteiger partial charge in [0, 0.05) is 13.0 Å². The van der Waals surface area contributed by atoms with E-state index in [-0.39, 0.29) is 22.9 Å². The number of aromatic nitrogens is 4. The summed E-state index contributed by atoms with van der Waals surface area (Å²) < 4.78 is 32.8. The first-order valence-corrected chi connectivity index (χ1v) is 17.1. The molecule has 2 aromatic heterocycles. The van der Waals surface area contributed by atoms with Crippen LogP contribution in [-0.4, -0.2) is 68.8 Å². The lowest BCUT2D eigenvalue weighted by Crippen LogP contribution is -2.51. The van der Waals surface area contributed by atoms with E-state index in [4.69, 9.17) is 34.7 Å². The molecule has 6 N–H and O–H groups in total. The summed E-state index contributed by atoms with van der Waals surface area (Å²) in [4.78, 5) is 48.6. The van der Waals surface area contributed by atoms with Crippen LogP contribution >= 0.6 is 8.53 Å². The number of rotatable bonds is 13. The van der Waals surface area contributed by atoms with E-state index in [1.807, 2.05) is 84.9 Å². The summed E-state index contributed by atoms with van der Waals surface area (Å²) in [6, 6.07) is 26.5. The molecule has 1 fully saturated rings. The average Bonchev–Trinajstić information content (AvgIpc) is 3.70. The number of imidazole rings is 1. The summed E-state index contributed by atoms with van der Waals surface area (Å²) >= 11 is 0. The van der Waals surface area contributed by atoms with Crippen molar-refractivity contribution in [1.29, 1.82) is 0 Å². The molecule has 15 heteroatoms. The normalized spacial score (nSPS) is 20.6. The Kier molecular flexibility index (Phi) is 10.4. The van der Waals surface area contributed by atoms with Crippen LogP contribution in [0.25, 0.3) is 11.2 Å². The van der Waals surface area contributed by atoms with Gasteiger partial charge in [0.25, 0.3) is 14.1 Å². The zero-order chi connectivity index (χ0) is 35.6. The van der Waals surface area contributed by atoms with Gasteiger partial charge in [-0.05, 0) is 28.8 Å². The lowest BCUT2D eigenvalue weighted by molar-refractivity contribution is -0.167. The van der Waals surface area contributed by atoms with Gasteiger partial charge in [-0.15, -0.1) is 0 Å². The van der Waals surface area contributed by atoms with E-state index < -0.39 is 56.2 Å². The summed E-state index contributed by atoms with van der Waals surface area (Å²) in [6.07, 6.45) is -4.38. The molecule has 0 saturated carbocycles. The highest BCUT2D eigenvalue weighted by Gasteiger charge is 2.56. The van der Waals surface area contributed by atoms with Crippen LogP contribution in [-0.2, 0) is 29.1 Å². The number of carbonyl (C=O) groups excluding carboxylic acids is 1. The average molecular weight is 703 g/mol. The number of hydrogen-bond donors (Lipinski definition) is 4. The van der Waals surface area contributed by atoms with Gasteiger partial charge in [0.2, 0.25) is 5.95 Å². The molecule has 0 amide bonds. The third-order valence-electron chi connectivity index (χ3n) is 8.76. The number of ketones is 1. The lowest BCUT2D eigenvalue weighted by Gasteiger charge is -2.41. The fraction of sp³-hybridized carbons (Fsp3) is 0.314. The van der Waals surface area contributed by atoms with E-state index in [1.54, 1.807) is 21.0 Å². The molecule has 1 aliphatic heterocycles. The Hall–Kier alpha value is -4.53. The molecule has 14 nitrogen and oxygen atoms in total. The van der Waals surface area contributed by atoms with Crippen LogP contribution in [0.4, 0.5) is 5.95 Å². The lowest BCUT2D eigenvalue weighted by atomic mass is 9.79. The number of fused-ring (bicyclic) bond motifs is 1. The summed E-state index contributed by atoms with van der Waals surface area (Å²) in [7, 11) is 0.537. The summed E-state index contributed by atoms with van der Waals surface area (Å²) in [5, 5.41) is 0. The Morgan fingerprint density at radius 3 is 2.12 bits per heavy atom. The fourth-order valence-corrected chi connectivity index (χ4v) is 6.93. The van der Waals surface area contributed by atoms with Gasteiger partial charge >= 0.3 is 0 Å². The molecule has 2 unspecified atom stereocenters. The van der Waals surface area contributed by atoms with Crippen LogP contribution < -0.4 is 21.5 Å². The van der Waals surface area contributed by atoms with Gasteiger partial charge in [0.1, 0.15) is 35.8 Å². The number of benzene rings is 3. The van der Waals surface area contributed by atoms with Gasteiger partial charge in [-0.1, -0.05) is 86.6 Å². The number of carbonyl (C=O) groups is 1. The van der Waals surface area contributed by atoms with Crippen molar-refractivity contribution in [3.8, 4) is 5.75 Å². The Morgan fingerprint density at radius 2 is 1.58 bits per heavy atom. The van der Waals surface area contributed by atoms with E-state index in [0.29, 0.717) is 11.3 Å². The predicted molar refractivity (Wildman–Crippen MR) is 186 cm³/mol. The molecule has 0 aliphatic carbocycles. The molecule has 262 valence electrons. The number of ether oxygens (including phenoxy) is 4. The summed E-state index contributed by atoms with van der Waals surface area (Å²) in [5.74, 6) is -0.339. The van der Waals surface area contributed by atoms with Gasteiger partial charge in [0.15, 0.2) is 23.2 Å². The second-order valence-corrected chi connectivity index (χ2v) is 12.9. The number of aromatic amines is 1. The predicted octanol–water partition coefficient (Wildman–Crippen LogP) is 3.79. The first-order chi connectivity index (χ1) is 24.1. The van der Waals surface area contributed by atoms with Gasteiger partial charge in [-0.3, -0.25) is 24.6 Å². The SMILES string of the molecule is COc1ccc(C(OC(C(=O)C(C)C)[C@H]2O[C@@H](n3cnc4c(=O)[nH]c(N)nc43)[C@H](OC)[C@@H]2OP(N)O)(c2ccccc2)c2ccccc2)cc1. The smallest absolute Gasteiger partial charge is 0.280 e. The number of nitrogens with one attached hydrogen (secondary N) is 1. The van der Waals surface area contributed by atoms with Crippen molar-refractivity contribution < 1.29 is 33.2 Å². The number of H-pyrrole nitrogens is 1. The Labute approximate surface area is 289 Å². The largest absolute Gasteiger partial charge is 0.497 e. The molecule has 1 aliphatic rings. The summed E-state index contributed by atoms with van der Waals surface area (Å²) in [6.45, 7) is 3.53. The first kappa shape index (κ1) is 35.3. The van der Waals surface area contributed by atoms with Crippen molar-refractivity contribution in [3.05, 3.63) is 118 Å². The number of nitrogens with zero attached hydrogens (tertiary/aromatic N) is 3. The molecule has 6 atom stereocenters. The van der Waals surface area contributed by atoms with E-state index in [0.717, 1.165) is 11.1 Å². The third kappa shape index (κ3) is 6.54. The van der Waals surface area contributed by atoms with Gasteiger partial charge in [-0.2, -0.15) is 4.98 Å². The van der Waals surface area contributed by atoms with Crippen molar-refractivity contribution in [2.24, 2.45) is 11.4 Å². The van der Waals surface area contributed by atoms with Gasteiger partial charge in [0.05, 0.1) is 13.4 Å². The quantitative estimate of drug-likeness (QED) is 0.102. The van der Waals surface area contributed by atoms with Crippen molar-refractivity contribution >= 4 is 31.4 Å². The zero-order valence-corrected chi connectivity index (χ0v) is 28.8. The van der Waals surface area contributed by atoms with Crippen molar-refractivity contribution in [1.82, 2.24) is 19.5 Å². The topological polar surface area (TPSA) is 199 Å². The van der Waals surface area contributed by atoms with Gasteiger partial charge in [-0.25, -0.2) is 4.98 Å². The van der Waals surface area contributed by atoms with Crippen LogP contribution in [0, 0.1) is 5.92 Å². The van der Waals surface area contributed by atoms with Crippen LogP contribution in [0.2, 0.25) is 0 Å². The maximum Gasteiger partial charge on any atom is 0.280 e. The molecule has 3 heterocycles. The Balaban J connectivity index is 1.56. The molecule has 50 heavy (non-hydrogen) atoms. The van der Waals surface area contributed by atoms with Gasteiger partial charge < -0.3 is 34.1 Å². The van der Waals surface area contributed by atoms with Crippen molar-refractivity contribution in [2.45, 2.75) is 50.1 Å².